The van der Waals surface area contributed by atoms with Crippen LogP contribution in [0.2, 0.25) is 0 Å². The van der Waals surface area contributed by atoms with Gasteiger partial charge in [-0.3, -0.25) is 9.69 Å². The third kappa shape index (κ3) is 6.89. The Labute approximate surface area is 245 Å². The van der Waals surface area contributed by atoms with Gasteiger partial charge in [0.15, 0.2) is 6.61 Å². The van der Waals surface area contributed by atoms with Crippen molar-refractivity contribution >= 4 is 22.6 Å². The number of hydrogen-bond acceptors (Lipinski definition) is 6. The number of aryl methyl sites for hydroxylation is 1. The second-order valence-corrected chi connectivity index (χ2v) is 10.5. The highest BCUT2D eigenvalue weighted by Gasteiger charge is 2.41. The predicted octanol–water partition coefficient (Wildman–Crippen LogP) is 5.23. The summed E-state index contributed by atoms with van der Waals surface area (Å²) < 4.78 is 55.8. The average molecular weight is 595 g/mol. The minimum Gasteiger partial charge on any atom is -0.487 e. The van der Waals surface area contributed by atoms with Crippen molar-refractivity contribution in [3.8, 4) is 22.9 Å². The molecule has 0 saturated carbocycles. The Kier molecular flexibility index (Phi) is 8.82. The molecule has 224 valence electrons. The van der Waals surface area contributed by atoms with Crippen LogP contribution in [0.25, 0.3) is 22.0 Å². The Bertz CT molecular complexity index is 1630. The summed E-state index contributed by atoms with van der Waals surface area (Å²) in [6, 6.07) is 15.4. The second-order valence-electron chi connectivity index (χ2n) is 10.5. The minimum absolute atomic E-state index is 0.0104. The molecule has 1 aliphatic heterocycles. The summed E-state index contributed by atoms with van der Waals surface area (Å²) in [6.07, 6.45) is 1.64. The van der Waals surface area contributed by atoms with E-state index in [1.54, 1.807) is 30.5 Å². The molecule has 43 heavy (non-hydrogen) atoms. The molecule has 0 bridgehead atoms. The van der Waals surface area contributed by atoms with Crippen LogP contribution in [0.5, 0.6) is 5.75 Å². The summed E-state index contributed by atoms with van der Waals surface area (Å²) in [5.74, 6) is -4.37. The number of alkyl halides is 4. The summed E-state index contributed by atoms with van der Waals surface area (Å²) in [7, 11) is 0. The van der Waals surface area contributed by atoms with E-state index < -0.39 is 24.9 Å². The fourth-order valence-corrected chi connectivity index (χ4v) is 5.17. The molecule has 1 saturated heterocycles. The van der Waals surface area contributed by atoms with E-state index in [1.807, 2.05) is 23.2 Å². The van der Waals surface area contributed by atoms with Crippen LogP contribution in [-0.2, 0) is 6.42 Å². The summed E-state index contributed by atoms with van der Waals surface area (Å²) in [4.78, 5) is 24.6. The van der Waals surface area contributed by atoms with E-state index >= 15 is 0 Å². The number of amides is 1. The SMILES string of the molecule is N#Cc1ccc2[nH]cc(CCCN3CCN(c4ncc(-c5ccc(OCC(F)(F)C(F)F)cc5)cc4C(N)=O)CC3)c2c1. The lowest BCUT2D eigenvalue weighted by molar-refractivity contribution is -0.148. The number of pyridine rings is 1. The van der Waals surface area contributed by atoms with Gasteiger partial charge in [-0.1, -0.05) is 12.1 Å². The number of nitriles is 1. The van der Waals surface area contributed by atoms with Crippen molar-refractivity contribution in [3.05, 3.63) is 77.6 Å². The summed E-state index contributed by atoms with van der Waals surface area (Å²) in [6.45, 7) is 2.39. The number of aromatic amines is 1. The largest absolute Gasteiger partial charge is 0.487 e. The Balaban J connectivity index is 1.17. The second kappa shape index (κ2) is 12.7. The van der Waals surface area contributed by atoms with E-state index in [9.17, 15) is 27.6 Å². The number of benzene rings is 2. The Hall–Kier alpha value is -4.63. The quantitative estimate of drug-likeness (QED) is 0.230. The van der Waals surface area contributed by atoms with Gasteiger partial charge in [-0.15, -0.1) is 0 Å². The van der Waals surface area contributed by atoms with Crippen molar-refractivity contribution in [3.63, 3.8) is 0 Å². The van der Waals surface area contributed by atoms with Crippen molar-refractivity contribution in [2.75, 3.05) is 44.2 Å². The van der Waals surface area contributed by atoms with E-state index in [2.05, 4.69) is 20.9 Å². The topological polar surface area (TPSA) is 111 Å². The third-order valence-corrected chi connectivity index (χ3v) is 7.56. The fraction of sp³-hybridized carbons (Fsp3) is 0.323. The zero-order valence-corrected chi connectivity index (χ0v) is 23.2. The monoisotopic (exact) mass is 594 g/mol. The van der Waals surface area contributed by atoms with Gasteiger partial charge in [0.1, 0.15) is 11.6 Å². The molecule has 0 spiro atoms. The summed E-state index contributed by atoms with van der Waals surface area (Å²) >= 11 is 0. The van der Waals surface area contributed by atoms with Crippen molar-refractivity contribution in [1.29, 1.82) is 5.26 Å². The van der Waals surface area contributed by atoms with E-state index in [0.717, 1.165) is 43.4 Å². The number of fused-ring (bicyclic) bond motifs is 1. The van der Waals surface area contributed by atoms with Gasteiger partial charge in [0.2, 0.25) is 0 Å². The number of carbonyl (C=O) groups is 1. The number of nitrogens with two attached hydrogens (primary N) is 1. The highest BCUT2D eigenvalue weighted by Crippen LogP contribution is 2.29. The first kappa shape index (κ1) is 29.8. The Morgan fingerprint density at radius 1 is 1.09 bits per heavy atom. The van der Waals surface area contributed by atoms with Crippen LogP contribution in [-0.4, -0.2) is 72.5 Å². The van der Waals surface area contributed by atoms with Crippen molar-refractivity contribution in [1.82, 2.24) is 14.9 Å². The maximum atomic E-state index is 13.1. The number of carbonyl (C=O) groups excluding carboxylic acids is 1. The maximum Gasteiger partial charge on any atom is 0.340 e. The number of nitrogens with zero attached hydrogens (tertiary/aromatic N) is 4. The van der Waals surface area contributed by atoms with Gasteiger partial charge in [-0.25, -0.2) is 13.8 Å². The number of nitrogens with one attached hydrogen (secondary N) is 1. The van der Waals surface area contributed by atoms with E-state index in [-0.39, 0.29) is 11.3 Å². The first-order valence-corrected chi connectivity index (χ1v) is 13.8. The van der Waals surface area contributed by atoms with Crippen LogP contribution < -0.4 is 15.4 Å². The average Bonchev–Trinajstić information content (AvgIpc) is 3.42. The van der Waals surface area contributed by atoms with Gasteiger partial charge in [0, 0.05) is 55.0 Å². The summed E-state index contributed by atoms with van der Waals surface area (Å²) in [5, 5.41) is 10.3. The van der Waals surface area contributed by atoms with Crippen molar-refractivity contribution in [2.45, 2.75) is 25.2 Å². The highest BCUT2D eigenvalue weighted by atomic mass is 19.3. The number of hydrogen-bond donors (Lipinski definition) is 2. The Morgan fingerprint density at radius 2 is 1.84 bits per heavy atom. The molecule has 3 heterocycles. The molecule has 0 unspecified atom stereocenters. The molecule has 1 amide bonds. The first-order chi connectivity index (χ1) is 20.6. The van der Waals surface area contributed by atoms with Crippen LogP contribution in [0, 0.1) is 11.3 Å². The fourth-order valence-electron chi connectivity index (χ4n) is 5.17. The lowest BCUT2D eigenvalue weighted by Crippen LogP contribution is -2.47. The normalized spacial score (nSPS) is 14.3. The molecule has 2 aromatic heterocycles. The van der Waals surface area contributed by atoms with Gasteiger partial charge in [0.25, 0.3) is 5.91 Å². The first-order valence-electron chi connectivity index (χ1n) is 13.8. The zero-order valence-electron chi connectivity index (χ0n) is 23.2. The summed E-state index contributed by atoms with van der Waals surface area (Å²) in [5.41, 5.74) is 10.0. The van der Waals surface area contributed by atoms with Gasteiger partial charge in [0.05, 0.1) is 17.2 Å². The number of H-pyrrole nitrogens is 1. The molecule has 2 aromatic carbocycles. The predicted molar refractivity (Wildman–Crippen MR) is 155 cm³/mol. The lowest BCUT2D eigenvalue weighted by Gasteiger charge is -2.36. The smallest absolute Gasteiger partial charge is 0.340 e. The molecule has 1 aliphatic rings. The number of primary amides is 1. The molecule has 12 heteroatoms. The van der Waals surface area contributed by atoms with E-state index in [1.165, 1.54) is 17.7 Å². The van der Waals surface area contributed by atoms with Crippen LogP contribution in [0.4, 0.5) is 23.4 Å². The van der Waals surface area contributed by atoms with Gasteiger partial charge < -0.3 is 20.4 Å². The molecule has 3 N–H and O–H groups in total. The van der Waals surface area contributed by atoms with Gasteiger partial charge >= 0.3 is 12.3 Å². The molecular formula is C31H30F4N6O2. The number of halogens is 4. The third-order valence-electron chi connectivity index (χ3n) is 7.56. The van der Waals surface area contributed by atoms with Crippen LogP contribution in [0.1, 0.15) is 27.9 Å². The van der Waals surface area contributed by atoms with Gasteiger partial charge in [-0.05, 0) is 66.9 Å². The number of piperazine rings is 1. The molecule has 4 aromatic rings. The molecule has 0 atom stereocenters. The highest BCUT2D eigenvalue weighted by molar-refractivity contribution is 5.99. The lowest BCUT2D eigenvalue weighted by atomic mass is 10.0. The molecule has 0 aliphatic carbocycles. The van der Waals surface area contributed by atoms with Crippen molar-refractivity contribution < 1.29 is 27.1 Å². The number of anilines is 1. The zero-order chi connectivity index (χ0) is 30.6. The minimum atomic E-state index is -4.25. The van der Waals surface area contributed by atoms with Crippen molar-refractivity contribution in [2.24, 2.45) is 5.73 Å². The molecule has 0 radical (unpaired) electrons. The van der Waals surface area contributed by atoms with E-state index in [4.69, 9.17) is 10.5 Å². The van der Waals surface area contributed by atoms with Gasteiger partial charge in [-0.2, -0.15) is 14.0 Å². The van der Waals surface area contributed by atoms with E-state index in [0.29, 0.717) is 35.6 Å². The molecule has 8 nitrogen and oxygen atoms in total. The maximum absolute atomic E-state index is 13.1. The van der Waals surface area contributed by atoms with Crippen LogP contribution in [0.15, 0.2) is 60.9 Å². The molecule has 5 rings (SSSR count). The number of rotatable bonds is 11. The number of aromatic nitrogens is 2. The standard InChI is InChI=1S/C31H30F4N6O2/c32-30(33)31(34,35)19-43-24-6-4-21(5-7-24)23-15-26(28(37)42)29(39-18-23)41-12-10-40(11-13-41)9-1-2-22-17-38-27-8-3-20(16-36)14-25(22)27/h3-8,14-15,17-18,30,38H,1-2,9-13,19H2,(H2,37,42). The van der Waals surface area contributed by atoms with Crippen LogP contribution in [0.3, 0.4) is 0 Å². The molecular weight excluding hydrogens is 564 g/mol. The molecule has 1 fully saturated rings. The van der Waals surface area contributed by atoms with Crippen LogP contribution >= 0.6 is 0 Å². The number of ether oxygens (including phenoxy) is 1. The Morgan fingerprint density at radius 3 is 2.51 bits per heavy atom.